The highest BCUT2D eigenvalue weighted by Crippen LogP contribution is 2.24. The average Bonchev–Trinajstić information content (AvgIpc) is 2.97. The molecule has 0 spiro atoms. The molecule has 0 saturated carbocycles. The van der Waals surface area contributed by atoms with Crippen LogP contribution in [0.15, 0.2) is 41.2 Å². The Morgan fingerprint density at radius 3 is 2.52 bits per heavy atom. The lowest BCUT2D eigenvalue weighted by molar-refractivity contribution is 0.0930. The summed E-state index contributed by atoms with van der Waals surface area (Å²) in [5.41, 5.74) is 1.87. The average molecular weight is 339 g/mol. The summed E-state index contributed by atoms with van der Waals surface area (Å²) in [6.07, 6.45) is 0. The highest BCUT2D eigenvalue weighted by Gasteiger charge is 2.21. The van der Waals surface area contributed by atoms with E-state index in [1.54, 1.807) is 0 Å². The Morgan fingerprint density at radius 2 is 1.84 bits per heavy atom. The van der Waals surface area contributed by atoms with Crippen LogP contribution in [0.4, 0.5) is 0 Å². The van der Waals surface area contributed by atoms with E-state index < -0.39 is 0 Å². The third-order valence-electron chi connectivity index (χ3n) is 4.07. The lowest BCUT2D eigenvalue weighted by Crippen LogP contribution is -2.31. The number of rotatable bonds is 4. The van der Waals surface area contributed by atoms with Crippen LogP contribution in [0.5, 0.6) is 0 Å². The largest absolute Gasteiger partial charge is 0.341 e. The van der Waals surface area contributed by atoms with Crippen molar-refractivity contribution >= 4 is 16.9 Å². The Kier molecular flexibility index (Phi) is 4.39. The van der Waals surface area contributed by atoms with Crippen molar-refractivity contribution < 1.29 is 4.79 Å². The number of carbonyl (C=O) groups excluding carboxylic acids is 1. The Labute approximate surface area is 145 Å². The quantitative estimate of drug-likeness (QED) is 0.790. The van der Waals surface area contributed by atoms with Gasteiger partial charge in [0, 0.05) is 19.2 Å². The van der Waals surface area contributed by atoms with E-state index in [1.165, 1.54) is 19.2 Å². The van der Waals surface area contributed by atoms with E-state index in [0.717, 1.165) is 21.5 Å². The molecule has 130 valence electrons. The number of benzene rings is 1. The molecule has 3 rings (SSSR count). The van der Waals surface area contributed by atoms with Crippen molar-refractivity contribution in [2.45, 2.75) is 32.9 Å². The fourth-order valence-electron chi connectivity index (χ4n) is 2.87. The van der Waals surface area contributed by atoms with Gasteiger partial charge in [-0.3, -0.25) is 9.59 Å². The van der Waals surface area contributed by atoms with Gasteiger partial charge in [-0.05, 0) is 39.0 Å². The number of hydrogen-bond acceptors (Lipinski definition) is 4. The van der Waals surface area contributed by atoms with Crippen molar-refractivity contribution in [1.29, 1.82) is 0 Å². The van der Waals surface area contributed by atoms with Gasteiger partial charge in [0.25, 0.3) is 11.5 Å². The summed E-state index contributed by atoms with van der Waals surface area (Å²) < 4.78 is 3.26. The predicted octanol–water partition coefficient (Wildman–Crippen LogP) is 2.20. The summed E-state index contributed by atoms with van der Waals surface area (Å²) in [4.78, 5) is 28.6. The molecule has 7 nitrogen and oxygen atoms in total. The summed E-state index contributed by atoms with van der Waals surface area (Å²) in [5, 5.41) is 6.90. The number of fused-ring (bicyclic) bond motifs is 1. The highest BCUT2D eigenvalue weighted by atomic mass is 16.2. The maximum absolute atomic E-state index is 12.5. The molecule has 25 heavy (non-hydrogen) atoms. The first-order chi connectivity index (χ1) is 11.9. The number of hydrogen-bond donors (Lipinski definition) is 1. The normalized spacial score (nSPS) is 12.5. The molecule has 7 heteroatoms. The smallest absolute Gasteiger partial charge is 0.272 e. The Bertz CT molecular complexity index is 987. The monoisotopic (exact) mass is 339 g/mol. The Morgan fingerprint density at radius 1 is 1.12 bits per heavy atom. The topological polar surface area (TPSA) is 81.8 Å². The summed E-state index contributed by atoms with van der Waals surface area (Å²) in [6, 6.07) is 10.6. The molecule has 3 aromatic rings. The molecule has 0 aliphatic heterocycles. The van der Waals surface area contributed by atoms with Crippen LogP contribution in [0, 0.1) is 0 Å². The van der Waals surface area contributed by atoms with Gasteiger partial charge in [0.05, 0.1) is 17.1 Å². The van der Waals surface area contributed by atoms with Gasteiger partial charge in [0.2, 0.25) is 0 Å². The molecule has 1 atom stereocenters. The van der Waals surface area contributed by atoms with Gasteiger partial charge < -0.3 is 9.88 Å². The van der Waals surface area contributed by atoms with Gasteiger partial charge in [-0.15, -0.1) is 0 Å². The van der Waals surface area contributed by atoms with Crippen molar-refractivity contribution in [3.8, 4) is 0 Å². The van der Waals surface area contributed by atoms with E-state index in [4.69, 9.17) is 0 Å². The predicted molar refractivity (Wildman–Crippen MR) is 95.5 cm³/mol. The fourth-order valence-corrected chi connectivity index (χ4v) is 2.87. The molecule has 0 unspecified atom stereocenters. The number of aryl methyl sites for hydroxylation is 1. The minimum atomic E-state index is -0.342. The molecule has 0 aliphatic carbocycles. The molecule has 0 bridgehead atoms. The van der Waals surface area contributed by atoms with Crippen LogP contribution in [0.3, 0.4) is 0 Å². The van der Waals surface area contributed by atoms with Crippen LogP contribution < -0.4 is 10.9 Å². The third-order valence-corrected chi connectivity index (χ3v) is 4.07. The first-order valence-corrected chi connectivity index (χ1v) is 8.20. The number of aromatic nitrogens is 4. The molecular weight excluding hydrogens is 318 g/mol. The van der Waals surface area contributed by atoms with Crippen LogP contribution in [-0.2, 0) is 7.05 Å². The zero-order valence-electron chi connectivity index (χ0n) is 14.7. The van der Waals surface area contributed by atoms with Crippen molar-refractivity contribution in [3.63, 3.8) is 0 Å². The first-order valence-electron chi connectivity index (χ1n) is 8.20. The maximum atomic E-state index is 12.5. The SMILES string of the molecule is CC(C)n1c([C@H](C)NC(=O)c2ccc(=O)n(C)n2)nc2ccccc21. The van der Waals surface area contributed by atoms with Gasteiger partial charge in [0.15, 0.2) is 0 Å². The number of imidazole rings is 1. The zero-order valence-corrected chi connectivity index (χ0v) is 14.7. The molecule has 1 aromatic carbocycles. The van der Waals surface area contributed by atoms with Crippen LogP contribution in [0.2, 0.25) is 0 Å². The number of carbonyl (C=O) groups is 1. The molecule has 0 aliphatic rings. The van der Waals surface area contributed by atoms with Gasteiger partial charge in [-0.2, -0.15) is 5.10 Å². The molecule has 1 amide bonds. The molecule has 2 heterocycles. The van der Waals surface area contributed by atoms with Crippen LogP contribution >= 0.6 is 0 Å². The van der Waals surface area contributed by atoms with E-state index in [9.17, 15) is 9.59 Å². The van der Waals surface area contributed by atoms with Crippen molar-refractivity contribution in [2.75, 3.05) is 0 Å². The highest BCUT2D eigenvalue weighted by molar-refractivity contribution is 5.92. The minimum Gasteiger partial charge on any atom is -0.341 e. The van der Waals surface area contributed by atoms with E-state index in [1.807, 2.05) is 31.2 Å². The lowest BCUT2D eigenvalue weighted by atomic mass is 10.2. The van der Waals surface area contributed by atoms with E-state index in [0.29, 0.717) is 0 Å². The van der Waals surface area contributed by atoms with Gasteiger partial charge in [-0.1, -0.05) is 12.1 Å². The van der Waals surface area contributed by atoms with Gasteiger partial charge in [0.1, 0.15) is 11.5 Å². The first kappa shape index (κ1) is 16.9. The molecule has 0 fully saturated rings. The molecular formula is C18H21N5O2. The standard InChI is InChI=1S/C18H21N5O2/c1-11(2)23-15-8-6-5-7-13(15)20-17(23)12(3)19-18(25)14-9-10-16(24)22(4)21-14/h5-12H,1-4H3,(H,19,25)/t12-/m0/s1. The third kappa shape index (κ3) is 3.17. The number of amides is 1. The van der Waals surface area contributed by atoms with Crippen molar-refractivity contribution in [1.82, 2.24) is 24.6 Å². The van der Waals surface area contributed by atoms with Gasteiger partial charge >= 0.3 is 0 Å². The number of nitrogens with one attached hydrogen (secondary N) is 1. The van der Waals surface area contributed by atoms with E-state index >= 15 is 0 Å². The maximum Gasteiger partial charge on any atom is 0.272 e. The van der Waals surface area contributed by atoms with Crippen molar-refractivity contribution in [2.24, 2.45) is 7.05 Å². The fraction of sp³-hybridized carbons (Fsp3) is 0.333. The molecule has 1 N–H and O–H groups in total. The lowest BCUT2D eigenvalue weighted by Gasteiger charge is -2.18. The van der Waals surface area contributed by atoms with Crippen LogP contribution in [-0.4, -0.2) is 25.2 Å². The summed E-state index contributed by atoms with van der Waals surface area (Å²) in [7, 11) is 1.51. The van der Waals surface area contributed by atoms with Crippen molar-refractivity contribution in [3.05, 3.63) is 58.3 Å². The summed E-state index contributed by atoms with van der Waals surface area (Å²) >= 11 is 0. The van der Waals surface area contributed by atoms with Crippen LogP contribution in [0.25, 0.3) is 11.0 Å². The minimum absolute atomic E-state index is 0.196. The van der Waals surface area contributed by atoms with E-state index in [-0.39, 0.29) is 29.2 Å². The number of para-hydroxylation sites is 2. The Hall–Kier alpha value is -2.96. The molecule has 2 aromatic heterocycles. The number of nitrogens with zero attached hydrogens (tertiary/aromatic N) is 4. The summed E-state index contributed by atoms with van der Waals surface area (Å²) in [5.74, 6) is 0.444. The molecule has 0 radical (unpaired) electrons. The second-order valence-electron chi connectivity index (χ2n) is 6.30. The second kappa shape index (κ2) is 6.51. The molecule has 0 saturated heterocycles. The second-order valence-corrected chi connectivity index (χ2v) is 6.30. The van der Waals surface area contributed by atoms with Crippen LogP contribution in [0.1, 0.15) is 49.2 Å². The Balaban J connectivity index is 1.93. The zero-order chi connectivity index (χ0) is 18.1. The van der Waals surface area contributed by atoms with E-state index in [2.05, 4.69) is 33.8 Å². The summed E-state index contributed by atoms with van der Waals surface area (Å²) in [6.45, 7) is 6.06. The van der Waals surface area contributed by atoms with Gasteiger partial charge in [-0.25, -0.2) is 9.67 Å².